The van der Waals surface area contributed by atoms with Crippen LogP contribution in [-0.4, -0.2) is 79.9 Å². The first-order valence-corrected chi connectivity index (χ1v) is 8.73. The van der Waals surface area contributed by atoms with Gasteiger partial charge in [0.2, 0.25) is 5.91 Å². The minimum absolute atomic E-state index is 0.110. The third kappa shape index (κ3) is 4.42. The average Bonchev–Trinajstić information content (AvgIpc) is 3.07. The van der Waals surface area contributed by atoms with Crippen molar-refractivity contribution in [3.8, 4) is 11.5 Å². The zero-order valence-corrected chi connectivity index (χ0v) is 14.9. The second-order valence-electron chi connectivity index (χ2n) is 6.67. The molecule has 0 bridgehead atoms. The topological polar surface area (TPSA) is 74.3 Å². The van der Waals surface area contributed by atoms with Gasteiger partial charge in [-0.05, 0) is 24.1 Å². The minimum atomic E-state index is -0.404. The molecule has 0 spiro atoms. The summed E-state index contributed by atoms with van der Waals surface area (Å²) in [7, 11) is 3.30. The first-order chi connectivity index (χ1) is 12.1. The minimum Gasteiger partial charge on any atom is -0.497 e. The van der Waals surface area contributed by atoms with E-state index in [0.29, 0.717) is 26.1 Å². The molecule has 0 saturated carbocycles. The second kappa shape index (κ2) is 8.03. The van der Waals surface area contributed by atoms with Crippen molar-refractivity contribution in [3.05, 3.63) is 23.8 Å². The van der Waals surface area contributed by atoms with Gasteiger partial charge in [-0.3, -0.25) is 9.69 Å². The lowest BCUT2D eigenvalue weighted by atomic mass is 10.1. The van der Waals surface area contributed by atoms with E-state index in [1.807, 2.05) is 23.1 Å². The summed E-state index contributed by atoms with van der Waals surface area (Å²) in [5, 5.41) is 12.7. The van der Waals surface area contributed by atoms with Gasteiger partial charge < -0.3 is 24.8 Å². The van der Waals surface area contributed by atoms with Crippen molar-refractivity contribution >= 4 is 5.91 Å². The van der Waals surface area contributed by atoms with Crippen LogP contribution in [0.3, 0.4) is 0 Å². The van der Waals surface area contributed by atoms with Crippen LogP contribution in [0.25, 0.3) is 0 Å². The van der Waals surface area contributed by atoms with Crippen molar-refractivity contribution in [1.82, 2.24) is 15.1 Å². The van der Waals surface area contributed by atoms with E-state index in [4.69, 9.17) is 9.47 Å². The van der Waals surface area contributed by atoms with E-state index in [1.165, 1.54) is 0 Å². The van der Waals surface area contributed by atoms with Gasteiger partial charge in [0.05, 0.1) is 26.4 Å². The van der Waals surface area contributed by atoms with Crippen molar-refractivity contribution in [2.24, 2.45) is 0 Å². The molecular weight excluding hydrogens is 322 g/mol. The molecule has 0 radical (unpaired) electrons. The number of aliphatic hydroxyl groups excluding tert-OH is 1. The Morgan fingerprint density at radius 2 is 1.80 bits per heavy atom. The zero-order valence-electron chi connectivity index (χ0n) is 14.9. The Hall–Kier alpha value is -1.83. The van der Waals surface area contributed by atoms with Gasteiger partial charge in [0.1, 0.15) is 11.5 Å². The molecule has 1 amide bonds. The first kappa shape index (κ1) is 18.0. The Morgan fingerprint density at radius 3 is 2.32 bits per heavy atom. The number of nitrogens with one attached hydrogen (secondary N) is 1. The third-order valence-corrected chi connectivity index (χ3v) is 4.91. The Balaban J connectivity index is 1.53. The maximum atomic E-state index is 12.5. The normalized spacial score (nSPS) is 24.4. The molecule has 3 rings (SSSR count). The van der Waals surface area contributed by atoms with Crippen LogP contribution < -0.4 is 14.8 Å². The number of carbonyl (C=O) groups excluding carboxylic acids is 1. The maximum absolute atomic E-state index is 12.5. The average molecular weight is 349 g/mol. The number of β-amino-alcohol motifs (C(OH)–C–C–N with tert-alkyl or cyclic N) is 1. The number of ether oxygens (including phenoxy) is 2. The van der Waals surface area contributed by atoms with Crippen LogP contribution >= 0.6 is 0 Å². The predicted molar refractivity (Wildman–Crippen MR) is 93.8 cm³/mol. The Kier molecular flexibility index (Phi) is 5.78. The molecule has 7 nitrogen and oxygen atoms in total. The molecule has 2 saturated heterocycles. The van der Waals surface area contributed by atoms with Crippen LogP contribution in [0.1, 0.15) is 12.0 Å². The summed E-state index contributed by atoms with van der Waals surface area (Å²) >= 11 is 0. The van der Waals surface area contributed by atoms with Crippen molar-refractivity contribution in [1.29, 1.82) is 0 Å². The van der Waals surface area contributed by atoms with Gasteiger partial charge in [-0.1, -0.05) is 0 Å². The van der Waals surface area contributed by atoms with Crippen LogP contribution in [0.2, 0.25) is 0 Å². The number of carbonyl (C=O) groups is 1. The van der Waals surface area contributed by atoms with Crippen LogP contribution in [-0.2, 0) is 11.3 Å². The van der Waals surface area contributed by atoms with Gasteiger partial charge in [0.15, 0.2) is 0 Å². The highest BCUT2D eigenvalue weighted by molar-refractivity contribution is 5.82. The summed E-state index contributed by atoms with van der Waals surface area (Å²) in [6.45, 7) is 4.41. The lowest BCUT2D eigenvalue weighted by Gasteiger charge is -2.36. The highest BCUT2D eigenvalue weighted by Gasteiger charge is 2.32. The van der Waals surface area contributed by atoms with E-state index in [9.17, 15) is 9.90 Å². The highest BCUT2D eigenvalue weighted by atomic mass is 16.5. The molecule has 138 valence electrons. The summed E-state index contributed by atoms with van der Waals surface area (Å²) in [5.41, 5.74) is 1.14. The summed E-state index contributed by atoms with van der Waals surface area (Å²) in [6, 6.07) is 5.67. The number of benzene rings is 1. The highest BCUT2D eigenvalue weighted by Crippen LogP contribution is 2.24. The van der Waals surface area contributed by atoms with Crippen molar-refractivity contribution < 1.29 is 19.4 Å². The number of piperazine rings is 1. The molecular formula is C18H27N3O4. The van der Waals surface area contributed by atoms with E-state index in [0.717, 1.165) is 36.7 Å². The molecule has 2 aliphatic rings. The number of rotatable bonds is 5. The molecule has 2 aliphatic heterocycles. The molecule has 0 aromatic heterocycles. The summed E-state index contributed by atoms with van der Waals surface area (Å²) in [5.74, 6) is 1.68. The molecule has 7 heteroatoms. The maximum Gasteiger partial charge on any atom is 0.239 e. The number of methoxy groups -OCH3 is 2. The molecule has 25 heavy (non-hydrogen) atoms. The summed E-state index contributed by atoms with van der Waals surface area (Å²) < 4.78 is 10.6. The van der Waals surface area contributed by atoms with Crippen molar-refractivity contribution in [2.75, 3.05) is 46.9 Å². The number of hydrogen-bond acceptors (Lipinski definition) is 6. The van der Waals surface area contributed by atoms with Gasteiger partial charge in [-0.25, -0.2) is 0 Å². The number of aliphatic hydroxyl groups is 1. The van der Waals surface area contributed by atoms with Gasteiger partial charge in [-0.2, -0.15) is 0 Å². The van der Waals surface area contributed by atoms with Gasteiger partial charge in [-0.15, -0.1) is 0 Å². The van der Waals surface area contributed by atoms with Crippen LogP contribution in [0, 0.1) is 0 Å². The monoisotopic (exact) mass is 349 g/mol. The largest absolute Gasteiger partial charge is 0.497 e. The molecule has 0 aliphatic carbocycles. The zero-order chi connectivity index (χ0) is 17.8. The molecule has 2 fully saturated rings. The fraction of sp³-hybridized carbons (Fsp3) is 0.611. The van der Waals surface area contributed by atoms with Crippen LogP contribution in [0.15, 0.2) is 18.2 Å². The number of nitrogens with zero attached hydrogens (tertiary/aromatic N) is 2. The van der Waals surface area contributed by atoms with Crippen LogP contribution in [0.4, 0.5) is 0 Å². The standard InChI is InChI=1S/C18H27N3O4/c1-24-15-7-13(8-16(10-15)25-2)12-20-3-5-21(6-4-20)18(23)17-9-14(22)11-19-17/h7-8,10,14,17,19,22H,3-6,9,11-12H2,1-2H3. The van der Waals surface area contributed by atoms with Crippen molar-refractivity contribution in [2.45, 2.75) is 25.1 Å². The molecule has 2 heterocycles. The lowest BCUT2D eigenvalue weighted by molar-refractivity contribution is -0.135. The molecule has 1 aromatic rings. The number of amides is 1. The molecule has 2 unspecified atom stereocenters. The van der Waals surface area contributed by atoms with E-state index in [1.54, 1.807) is 14.2 Å². The Labute approximate surface area is 148 Å². The van der Waals surface area contributed by atoms with Crippen LogP contribution in [0.5, 0.6) is 11.5 Å². The second-order valence-corrected chi connectivity index (χ2v) is 6.67. The third-order valence-electron chi connectivity index (χ3n) is 4.91. The van der Waals surface area contributed by atoms with Crippen molar-refractivity contribution in [3.63, 3.8) is 0 Å². The lowest BCUT2D eigenvalue weighted by Crippen LogP contribution is -2.52. The molecule has 1 aromatic carbocycles. The first-order valence-electron chi connectivity index (χ1n) is 8.73. The Bertz CT molecular complexity index is 580. The quantitative estimate of drug-likeness (QED) is 0.784. The van der Waals surface area contributed by atoms with E-state index in [2.05, 4.69) is 10.2 Å². The van der Waals surface area contributed by atoms with Gasteiger partial charge >= 0.3 is 0 Å². The molecule has 2 atom stereocenters. The van der Waals surface area contributed by atoms with E-state index < -0.39 is 6.10 Å². The van der Waals surface area contributed by atoms with Gasteiger partial charge in [0, 0.05) is 45.3 Å². The van der Waals surface area contributed by atoms with E-state index >= 15 is 0 Å². The molecule has 2 N–H and O–H groups in total. The Morgan fingerprint density at radius 1 is 1.16 bits per heavy atom. The van der Waals surface area contributed by atoms with Gasteiger partial charge in [0.25, 0.3) is 0 Å². The summed E-state index contributed by atoms with van der Waals surface area (Å²) in [6.07, 6.45) is 0.112. The SMILES string of the molecule is COc1cc(CN2CCN(C(=O)C3CC(O)CN3)CC2)cc(OC)c1. The fourth-order valence-corrected chi connectivity index (χ4v) is 3.47. The number of hydrogen-bond donors (Lipinski definition) is 2. The summed E-state index contributed by atoms with van der Waals surface area (Å²) in [4.78, 5) is 16.7. The predicted octanol–water partition coefficient (Wildman–Crippen LogP) is 0.0708. The van der Waals surface area contributed by atoms with E-state index in [-0.39, 0.29) is 11.9 Å². The smallest absolute Gasteiger partial charge is 0.239 e. The fourth-order valence-electron chi connectivity index (χ4n) is 3.47.